The van der Waals surface area contributed by atoms with E-state index in [1.807, 2.05) is 11.8 Å². The van der Waals surface area contributed by atoms with Crippen LogP contribution < -0.4 is 5.32 Å². The number of rotatable bonds is 4. The minimum absolute atomic E-state index is 0.106. The third-order valence-electron chi connectivity index (χ3n) is 8.75. The van der Waals surface area contributed by atoms with E-state index in [-0.39, 0.29) is 17.7 Å². The Hall–Kier alpha value is -1.54. The molecule has 1 aliphatic carbocycles. The van der Waals surface area contributed by atoms with Crippen molar-refractivity contribution in [1.82, 2.24) is 20.0 Å². The Morgan fingerprint density at radius 3 is 2.50 bits per heavy atom. The highest BCUT2D eigenvalue weighted by Gasteiger charge is 2.52. The summed E-state index contributed by atoms with van der Waals surface area (Å²) in [5.74, 6) is 0.616. The minimum atomic E-state index is -0.184. The SMILES string of the molecule is CCOC(=O)N1CCC2(CC(N3CCC([C@@H]4CCCN4C(=O)NC4(C)COC4)CC3)C2)C1. The summed E-state index contributed by atoms with van der Waals surface area (Å²) >= 11 is 0. The topological polar surface area (TPSA) is 74.4 Å². The first kappa shape index (κ1) is 22.3. The van der Waals surface area contributed by atoms with Crippen LogP contribution in [0.25, 0.3) is 0 Å². The summed E-state index contributed by atoms with van der Waals surface area (Å²) in [5, 5.41) is 3.21. The molecule has 8 heteroatoms. The van der Waals surface area contributed by atoms with Gasteiger partial charge in [0.2, 0.25) is 0 Å². The third-order valence-corrected chi connectivity index (χ3v) is 8.75. The smallest absolute Gasteiger partial charge is 0.409 e. The first-order valence-electron chi connectivity index (χ1n) is 12.7. The van der Waals surface area contributed by atoms with Crippen LogP contribution in [0.4, 0.5) is 9.59 Å². The van der Waals surface area contributed by atoms with Crippen LogP contribution in [0.2, 0.25) is 0 Å². The molecule has 4 aliphatic heterocycles. The summed E-state index contributed by atoms with van der Waals surface area (Å²) in [6, 6.07) is 1.16. The number of carbonyl (C=O) groups is 2. The Morgan fingerprint density at radius 1 is 1.09 bits per heavy atom. The molecular weight excluding hydrogens is 408 g/mol. The third kappa shape index (κ3) is 4.20. The first-order valence-corrected chi connectivity index (χ1v) is 12.7. The number of nitrogens with one attached hydrogen (secondary N) is 1. The van der Waals surface area contributed by atoms with Gasteiger partial charge in [-0.15, -0.1) is 0 Å². The molecule has 1 atom stereocenters. The van der Waals surface area contributed by atoms with Crippen molar-refractivity contribution in [3.63, 3.8) is 0 Å². The van der Waals surface area contributed by atoms with Gasteiger partial charge in [-0.25, -0.2) is 9.59 Å². The summed E-state index contributed by atoms with van der Waals surface area (Å²) < 4.78 is 10.5. The number of likely N-dealkylation sites (tertiary alicyclic amines) is 3. The van der Waals surface area contributed by atoms with E-state index in [0.29, 0.717) is 43.2 Å². The molecule has 0 aromatic heterocycles. The molecule has 8 nitrogen and oxygen atoms in total. The van der Waals surface area contributed by atoms with Gasteiger partial charge in [0.15, 0.2) is 0 Å². The number of carbonyl (C=O) groups excluding carboxylic acids is 2. The maximum atomic E-state index is 12.9. The van der Waals surface area contributed by atoms with Gasteiger partial charge in [-0.2, -0.15) is 0 Å². The Morgan fingerprint density at radius 2 is 1.84 bits per heavy atom. The van der Waals surface area contributed by atoms with Gasteiger partial charge in [0.05, 0.1) is 25.4 Å². The summed E-state index contributed by atoms with van der Waals surface area (Å²) in [7, 11) is 0. The van der Waals surface area contributed by atoms with Gasteiger partial charge < -0.3 is 29.5 Å². The standard InChI is InChI=1S/C24H40N4O4/c1-3-32-22(30)27-12-8-24(15-27)13-19(14-24)26-10-6-18(7-11-26)20-5-4-9-28(20)21(29)25-23(2)16-31-17-23/h18-20H,3-17H2,1-2H3,(H,25,29)/t19?,20-,24?/m0/s1. The molecule has 5 aliphatic rings. The molecule has 3 amide bonds. The average Bonchev–Trinajstić information content (AvgIpc) is 3.40. The minimum Gasteiger partial charge on any atom is -0.450 e. The average molecular weight is 449 g/mol. The van der Waals surface area contributed by atoms with Crippen LogP contribution in [0.1, 0.15) is 58.8 Å². The highest BCUT2D eigenvalue weighted by molar-refractivity contribution is 5.76. The quantitative estimate of drug-likeness (QED) is 0.716. The molecule has 1 saturated carbocycles. The molecule has 0 unspecified atom stereocenters. The Labute approximate surface area is 191 Å². The second kappa shape index (κ2) is 8.67. The van der Waals surface area contributed by atoms with E-state index in [1.54, 1.807) is 0 Å². The van der Waals surface area contributed by atoms with Crippen molar-refractivity contribution in [2.45, 2.75) is 76.4 Å². The van der Waals surface area contributed by atoms with E-state index in [2.05, 4.69) is 22.0 Å². The predicted molar refractivity (Wildman–Crippen MR) is 120 cm³/mol. The van der Waals surface area contributed by atoms with Crippen LogP contribution in [-0.4, -0.2) is 97.0 Å². The van der Waals surface area contributed by atoms with Crippen LogP contribution in [0.15, 0.2) is 0 Å². The molecule has 5 rings (SSSR count). The first-order chi connectivity index (χ1) is 15.4. The van der Waals surface area contributed by atoms with Crippen molar-refractivity contribution >= 4 is 12.1 Å². The Balaban J connectivity index is 1.08. The van der Waals surface area contributed by atoms with Crippen molar-refractivity contribution in [2.75, 3.05) is 52.5 Å². The fourth-order valence-electron chi connectivity index (χ4n) is 6.85. The number of urea groups is 1. The lowest BCUT2D eigenvalue weighted by molar-refractivity contribution is -0.0599. The Kier molecular flexibility index (Phi) is 6.03. The van der Waals surface area contributed by atoms with Crippen molar-refractivity contribution in [1.29, 1.82) is 0 Å². The lowest BCUT2D eigenvalue weighted by Crippen LogP contribution is -2.63. The molecule has 1 N–H and O–H groups in total. The van der Waals surface area contributed by atoms with Gasteiger partial charge in [0, 0.05) is 31.7 Å². The molecule has 5 fully saturated rings. The molecule has 4 saturated heterocycles. The van der Waals surface area contributed by atoms with Gasteiger partial charge in [-0.05, 0) is 83.2 Å². The highest BCUT2D eigenvalue weighted by Crippen LogP contribution is 2.51. The fourth-order valence-corrected chi connectivity index (χ4v) is 6.85. The van der Waals surface area contributed by atoms with E-state index in [1.165, 1.54) is 25.7 Å². The highest BCUT2D eigenvalue weighted by atomic mass is 16.6. The van der Waals surface area contributed by atoms with Crippen LogP contribution >= 0.6 is 0 Å². The normalized spacial score (nSPS) is 34.9. The lowest BCUT2D eigenvalue weighted by atomic mass is 9.64. The summed E-state index contributed by atoms with van der Waals surface area (Å²) in [6.45, 7) is 10.5. The Bertz CT molecular complexity index is 713. The largest absolute Gasteiger partial charge is 0.450 e. The zero-order valence-electron chi connectivity index (χ0n) is 19.8. The summed E-state index contributed by atoms with van der Waals surface area (Å²) in [5.41, 5.74) is 0.146. The van der Waals surface area contributed by atoms with Crippen molar-refractivity contribution in [3.8, 4) is 0 Å². The zero-order chi connectivity index (χ0) is 22.3. The van der Waals surface area contributed by atoms with E-state index < -0.39 is 0 Å². The molecule has 0 aromatic rings. The van der Waals surface area contributed by atoms with Gasteiger partial charge in [-0.3, -0.25) is 0 Å². The number of hydrogen-bond donors (Lipinski definition) is 1. The molecule has 4 heterocycles. The van der Waals surface area contributed by atoms with Crippen LogP contribution in [-0.2, 0) is 9.47 Å². The lowest BCUT2D eigenvalue weighted by Gasteiger charge is -2.52. The number of hydrogen-bond acceptors (Lipinski definition) is 5. The maximum absolute atomic E-state index is 12.9. The second-order valence-corrected chi connectivity index (χ2v) is 11.2. The molecule has 32 heavy (non-hydrogen) atoms. The summed E-state index contributed by atoms with van der Waals surface area (Å²) in [4.78, 5) is 31.7. The van der Waals surface area contributed by atoms with Crippen LogP contribution in [0.3, 0.4) is 0 Å². The number of amides is 3. The van der Waals surface area contributed by atoms with Gasteiger partial charge >= 0.3 is 12.1 Å². The molecule has 0 bridgehead atoms. The van der Waals surface area contributed by atoms with Crippen molar-refractivity contribution in [3.05, 3.63) is 0 Å². The second-order valence-electron chi connectivity index (χ2n) is 11.2. The number of ether oxygens (including phenoxy) is 2. The fraction of sp³-hybridized carbons (Fsp3) is 0.917. The molecule has 0 aromatic carbocycles. The van der Waals surface area contributed by atoms with E-state index >= 15 is 0 Å². The monoisotopic (exact) mass is 448 g/mol. The van der Waals surface area contributed by atoms with Gasteiger partial charge in [0.25, 0.3) is 0 Å². The van der Waals surface area contributed by atoms with E-state index in [0.717, 1.165) is 52.0 Å². The summed E-state index contributed by atoms with van der Waals surface area (Å²) in [6.07, 6.45) is 8.04. The van der Waals surface area contributed by atoms with Gasteiger partial charge in [0.1, 0.15) is 0 Å². The predicted octanol–water partition coefficient (Wildman–Crippen LogP) is 2.67. The maximum Gasteiger partial charge on any atom is 0.409 e. The molecular formula is C24H40N4O4. The van der Waals surface area contributed by atoms with Crippen LogP contribution in [0, 0.1) is 11.3 Å². The van der Waals surface area contributed by atoms with Crippen LogP contribution in [0.5, 0.6) is 0 Å². The molecule has 0 radical (unpaired) electrons. The zero-order valence-corrected chi connectivity index (χ0v) is 19.8. The van der Waals surface area contributed by atoms with Crippen molar-refractivity contribution < 1.29 is 19.1 Å². The van der Waals surface area contributed by atoms with Crippen molar-refractivity contribution in [2.24, 2.45) is 11.3 Å². The molecule has 180 valence electrons. The van der Waals surface area contributed by atoms with E-state index in [9.17, 15) is 9.59 Å². The number of piperidine rings is 1. The van der Waals surface area contributed by atoms with Gasteiger partial charge in [-0.1, -0.05) is 0 Å². The number of nitrogens with zero attached hydrogens (tertiary/aromatic N) is 3. The molecule has 1 spiro atoms. The van der Waals surface area contributed by atoms with E-state index in [4.69, 9.17) is 9.47 Å².